The van der Waals surface area contributed by atoms with Crippen molar-refractivity contribution in [3.8, 4) is 0 Å². The molecular weight excluding hydrogens is 244 g/mol. The molecule has 0 aromatic rings. The SMILES string of the molecule is CC(C)CC(CNC(=O)NC1CC(C)C1)CC(=O)O. The molecule has 0 aromatic carbocycles. The van der Waals surface area contributed by atoms with Crippen LogP contribution in [0.25, 0.3) is 0 Å². The Morgan fingerprint density at radius 3 is 2.42 bits per heavy atom. The van der Waals surface area contributed by atoms with Gasteiger partial charge >= 0.3 is 12.0 Å². The summed E-state index contributed by atoms with van der Waals surface area (Å²) in [5, 5.41) is 14.6. The second-order valence-electron chi connectivity index (χ2n) is 6.22. The normalized spacial score (nSPS) is 23.6. The second kappa shape index (κ2) is 7.36. The highest BCUT2D eigenvalue weighted by molar-refractivity contribution is 5.74. The molecule has 110 valence electrons. The van der Waals surface area contributed by atoms with Gasteiger partial charge in [0.2, 0.25) is 0 Å². The second-order valence-corrected chi connectivity index (χ2v) is 6.22. The molecule has 5 nitrogen and oxygen atoms in total. The van der Waals surface area contributed by atoms with Gasteiger partial charge in [0, 0.05) is 19.0 Å². The highest BCUT2D eigenvalue weighted by atomic mass is 16.4. The van der Waals surface area contributed by atoms with Gasteiger partial charge in [-0.2, -0.15) is 0 Å². The average molecular weight is 270 g/mol. The van der Waals surface area contributed by atoms with Gasteiger partial charge in [0.25, 0.3) is 0 Å². The van der Waals surface area contributed by atoms with Crippen LogP contribution in [0.15, 0.2) is 0 Å². The van der Waals surface area contributed by atoms with Crippen LogP contribution in [0.2, 0.25) is 0 Å². The maximum atomic E-state index is 11.7. The van der Waals surface area contributed by atoms with Gasteiger partial charge in [-0.1, -0.05) is 20.8 Å². The van der Waals surface area contributed by atoms with Crippen molar-refractivity contribution in [2.75, 3.05) is 6.54 Å². The van der Waals surface area contributed by atoms with E-state index in [0.717, 1.165) is 19.3 Å². The molecule has 0 heterocycles. The summed E-state index contributed by atoms with van der Waals surface area (Å²) in [6.45, 7) is 6.72. The van der Waals surface area contributed by atoms with Gasteiger partial charge in [0.1, 0.15) is 0 Å². The van der Waals surface area contributed by atoms with E-state index in [0.29, 0.717) is 18.4 Å². The van der Waals surface area contributed by atoms with Crippen molar-refractivity contribution in [3.63, 3.8) is 0 Å². The van der Waals surface area contributed by atoms with Crippen LogP contribution >= 0.6 is 0 Å². The minimum atomic E-state index is -0.805. The maximum Gasteiger partial charge on any atom is 0.315 e. The number of hydrogen-bond donors (Lipinski definition) is 3. The van der Waals surface area contributed by atoms with Gasteiger partial charge < -0.3 is 15.7 Å². The zero-order valence-electron chi connectivity index (χ0n) is 12.1. The fourth-order valence-corrected chi connectivity index (χ4v) is 2.65. The average Bonchev–Trinajstić information content (AvgIpc) is 2.22. The lowest BCUT2D eigenvalue weighted by Gasteiger charge is -2.33. The molecule has 0 saturated heterocycles. The Kier molecular flexibility index (Phi) is 6.12. The zero-order chi connectivity index (χ0) is 14.4. The number of hydrogen-bond acceptors (Lipinski definition) is 2. The molecule has 1 saturated carbocycles. The number of carboxylic acid groups (broad SMARTS) is 1. The zero-order valence-corrected chi connectivity index (χ0v) is 12.1. The first-order valence-electron chi connectivity index (χ1n) is 7.13. The third kappa shape index (κ3) is 6.45. The molecule has 0 spiro atoms. The molecule has 1 unspecified atom stereocenters. The van der Waals surface area contributed by atoms with Crippen LogP contribution in [-0.4, -0.2) is 29.7 Å². The highest BCUT2D eigenvalue weighted by Crippen LogP contribution is 2.26. The summed E-state index contributed by atoms with van der Waals surface area (Å²) in [7, 11) is 0. The van der Waals surface area contributed by atoms with E-state index in [4.69, 9.17) is 5.11 Å². The Labute approximate surface area is 115 Å². The van der Waals surface area contributed by atoms with E-state index in [2.05, 4.69) is 31.4 Å². The Morgan fingerprint density at radius 1 is 1.32 bits per heavy atom. The molecule has 1 rings (SSSR count). The molecule has 0 radical (unpaired) electrons. The Morgan fingerprint density at radius 2 is 1.95 bits per heavy atom. The van der Waals surface area contributed by atoms with Crippen LogP contribution in [0.4, 0.5) is 4.79 Å². The third-order valence-corrected chi connectivity index (χ3v) is 3.53. The summed E-state index contributed by atoms with van der Waals surface area (Å²) in [5.74, 6) is 0.330. The lowest BCUT2D eigenvalue weighted by molar-refractivity contribution is -0.138. The van der Waals surface area contributed by atoms with Crippen LogP contribution < -0.4 is 10.6 Å². The minimum absolute atomic E-state index is 0.00330. The maximum absolute atomic E-state index is 11.7. The van der Waals surface area contributed by atoms with Crippen molar-refractivity contribution in [3.05, 3.63) is 0 Å². The molecular formula is C14H26N2O3. The summed E-state index contributed by atoms with van der Waals surface area (Å²) >= 11 is 0. The summed E-state index contributed by atoms with van der Waals surface area (Å²) in [6, 6.07) is 0.120. The molecule has 0 bridgehead atoms. The summed E-state index contributed by atoms with van der Waals surface area (Å²) in [4.78, 5) is 22.4. The fraction of sp³-hybridized carbons (Fsp3) is 0.857. The van der Waals surface area contributed by atoms with E-state index < -0.39 is 5.97 Å². The van der Waals surface area contributed by atoms with E-state index in [9.17, 15) is 9.59 Å². The van der Waals surface area contributed by atoms with Gasteiger partial charge in [0.15, 0.2) is 0 Å². The number of carbonyl (C=O) groups is 2. The molecule has 3 N–H and O–H groups in total. The van der Waals surface area contributed by atoms with E-state index in [1.54, 1.807) is 0 Å². The van der Waals surface area contributed by atoms with Crippen molar-refractivity contribution in [1.29, 1.82) is 0 Å². The number of urea groups is 1. The first-order valence-corrected chi connectivity index (χ1v) is 7.13. The quantitative estimate of drug-likeness (QED) is 0.663. The minimum Gasteiger partial charge on any atom is -0.481 e. The molecule has 19 heavy (non-hydrogen) atoms. The summed E-state index contributed by atoms with van der Waals surface area (Å²) < 4.78 is 0. The molecule has 1 fully saturated rings. The highest BCUT2D eigenvalue weighted by Gasteiger charge is 2.26. The number of carboxylic acids is 1. The number of amides is 2. The summed E-state index contributed by atoms with van der Waals surface area (Å²) in [5.41, 5.74) is 0. The molecule has 1 aliphatic carbocycles. The van der Waals surface area contributed by atoms with E-state index in [1.165, 1.54) is 0 Å². The lowest BCUT2D eigenvalue weighted by Crippen LogP contribution is -2.48. The first kappa shape index (κ1) is 15.8. The van der Waals surface area contributed by atoms with E-state index in [-0.39, 0.29) is 24.4 Å². The molecule has 5 heteroatoms. The first-order chi connectivity index (χ1) is 8.86. The number of rotatable bonds is 7. The van der Waals surface area contributed by atoms with Crippen molar-refractivity contribution in [2.45, 2.75) is 52.5 Å². The van der Waals surface area contributed by atoms with Crippen LogP contribution in [0, 0.1) is 17.8 Å². The van der Waals surface area contributed by atoms with Crippen molar-refractivity contribution in [2.24, 2.45) is 17.8 Å². The van der Waals surface area contributed by atoms with Gasteiger partial charge in [-0.3, -0.25) is 4.79 Å². The van der Waals surface area contributed by atoms with Crippen molar-refractivity contribution in [1.82, 2.24) is 10.6 Å². The number of carbonyl (C=O) groups excluding carboxylic acids is 1. The van der Waals surface area contributed by atoms with Crippen LogP contribution in [0.3, 0.4) is 0 Å². The van der Waals surface area contributed by atoms with Gasteiger partial charge in [-0.15, -0.1) is 0 Å². The molecule has 1 aliphatic rings. The molecule has 2 amide bonds. The van der Waals surface area contributed by atoms with Crippen molar-refractivity contribution >= 4 is 12.0 Å². The fourth-order valence-electron chi connectivity index (χ4n) is 2.65. The Bertz CT molecular complexity index is 312. The van der Waals surface area contributed by atoms with E-state index in [1.807, 2.05) is 0 Å². The van der Waals surface area contributed by atoms with Crippen LogP contribution in [0.5, 0.6) is 0 Å². The Hall–Kier alpha value is -1.26. The largest absolute Gasteiger partial charge is 0.481 e. The predicted molar refractivity (Wildman–Crippen MR) is 73.9 cm³/mol. The molecule has 0 aromatic heterocycles. The van der Waals surface area contributed by atoms with Gasteiger partial charge in [0.05, 0.1) is 0 Å². The van der Waals surface area contributed by atoms with Crippen LogP contribution in [-0.2, 0) is 4.79 Å². The van der Waals surface area contributed by atoms with Gasteiger partial charge in [-0.05, 0) is 37.0 Å². The third-order valence-electron chi connectivity index (χ3n) is 3.53. The predicted octanol–water partition coefficient (Wildman–Crippen LogP) is 2.22. The standard InChI is InChI=1S/C14H26N2O3/c1-9(2)4-11(7-13(17)18)8-15-14(19)16-12-5-10(3)6-12/h9-12H,4-8H2,1-3H3,(H,17,18)(H2,15,16,19). The van der Waals surface area contributed by atoms with E-state index >= 15 is 0 Å². The topological polar surface area (TPSA) is 78.4 Å². The van der Waals surface area contributed by atoms with Gasteiger partial charge in [-0.25, -0.2) is 4.79 Å². The van der Waals surface area contributed by atoms with Crippen molar-refractivity contribution < 1.29 is 14.7 Å². The number of aliphatic carboxylic acids is 1. The van der Waals surface area contributed by atoms with Crippen LogP contribution in [0.1, 0.15) is 46.5 Å². The Balaban J connectivity index is 2.25. The molecule has 1 atom stereocenters. The lowest BCUT2D eigenvalue weighted by atomic mass is 9.82. The number of nitrogens with one attached hydrogen (secondary N) is 2. The smallest absolute Gasteiger partial charge is 0.315 e. The molecule has 0 aliphatic heterocycles. The monoisotopic (exact) mass is 270 g/mol. The summed E-state index contributed by atoms with van der Waals surface area (Å²) in [6.07, 6.45) is 3.00.